The molecule has 0 aromatic heterocycles. The maximum absolute atomic E-state index is 13.1. The van der Waals surface area contributed by atoms with Crippen LogP contribution in [-0.4, -0.2) is 48.7 Å². The minimum Gasteiger partial charge on any atom is -0.455 e. The highest BCUT2D eigenvalue weighted by Gasteiger charge is 2.51. The normalized spacial score (nSPS) is 26.9. The van der Waals surface area contributed by atoms with Crippen molar-refractivity contribution in [3.63, 3.8) is 0 Å². The van der Waals surface area contributed by atoms with Gasteiger partial charge in [0.15, 0.2) is 11.7 Å². The van der Waals surface area contributed by atoms with Gasteiger partial charge in [-0.25, -0.2) is 4.79 Å². The molecule has 2 heterocycles. The first-order chi connectivity index (χ1) is 15.1. The number of fused-ring (bicyclic) bond motifs is 1. The van der Waals surface area contributed by atoms with E-state index < -0.39 is 23.8 Å². The first-order valence-electron chi connectivity index (χ1n) is 11.0. The highest BCUT2D eigenvalue weighted by atomic mass is 16.7. The van der Waals surface area contributed by atoms with E-state index >= 15 is 0 Å². The quantitative estimate of drug-likeness (QED) is 0.620. The van der Waals surface area contributed by atoms with Crippen molar-refractivity contribution in [1.29, 1.82) is 0 Å². The molecular weight excluding hydrogens is 396 g/mol. The molecule has 2 saturated heterocycles. The molecule has 2 aliphatic rings. The van der Waals surface area contributed by atoms with Crippen LogP contribution in [0.2, 0.25) is 0 Å². The van der Waals surface area contributed by atoms with Crippen LogP contribution < -0.4 is 0 Å². The largest absolute Gasteiger partial charge is 0.455 e. The fourth-order valence-corrected chi connectivity index (χ4v) is 4.20. The third kappa shape index (κ3) is 4.83. The van der Waals surface area contributed by atoms with Crippen LogP contribution >= 0.6 is 0 Å². The van der Waals surface area contributed by atoms with Crippen molar-refractivity contribution in [3.8, 4) is 0 Å². The molecule has 0 spiro atoms. The SMILES string of the molecule is CCCC[C@](O)(C(=O)O[C@@H]1CO[C@H]2[C@@H]1OC[C@@H]2OCc1ccccc1)c1ccccc1. The van der Waals surface area contributed by atoms with Crippen LogP contribution in [0.3, 0.4) is 0 Å². The molecule has 1 N–H and O–H groups in total. The second-order valence-corrected chi connectivity index (χ2v) is 8.20. The Morgan fingerprint density at radius 2 is 1.61 bits per heavy atom. The Kier molecular flexibility index (Phi) is 7.02. The molecule has 6 heteroatoms. The van der Waals surface area contributed by atoms with E-state index in [1.807, 2.05) is 55.5 Å². The van der Waals surface area contributed by atoms with Gasteiger partial charge < -0.3 is 24.1 Å². The molecule has 0 bridgehead atoms. The van der Waals surface area contributed by atoms with E-state index in [9.17, 15) is 9.90 Å². The Morgan fingerprint density at radius 1 is 1.00 bits per heavy atom. The van der Waals surface area contributed by atoms with E-state index in [1.54, 1.807) is 12.1 Å². The number of hydrogen-bond donors (Lipinski definition) is 1. The fraction of sp³-hybridized carbons (Fsp3) is 0.480. The third-order valence-corrected chi connectivity index (χ3v) is 6.01. The standard InChI is InChI=1S/C25H30O6/c1-2-3-14-25(27,19-12-8-5-9-13-19)24(26)31-21-17-30-22-20(16-29-23(21)22)28-15-18-10-6-4-7-11-18/h4-13,20-23,27H,2-3,14-17H2,1H3/t20-,21+,22+,23+,25+/m0/s1. The molecule has 31 heavy (non-hydrogen) atoms. The lowest BCUT2D eigenvalue weighted by molar-refractivity contribution is -0.178. The summed E-state index contributed by atoms with van der Waals surface area (Å²) in [6.45, 7) is 3.10. The Morgan fingerprint density at radius 3 is 2.29 bits per heavy atom. The number of carbonyl (C=O) groups excluding carboxylic acids is 1. The average Bonchev–Trinajstić information content (AvgIpc) is 3.40. The number of carbonyl (C=O) groups is 1. The van der Waals surface area contributed by atoms with E-state index in [1.165, 1.54) is 0 Å². The van der Waals surface area contributed by atoms with E-state index in [0.29, 0.717) is 31.6 Å². The summed E-state index contributed by atoms with van der Waals surface area (Å²) < 4.78 is 23.5. The van der Waals surface area contributed by atoms with E-state index in [-0.39, 0.29) is 18.8 Å². The van der Waals surface area contributed by atoms with Gasteiger partial charge in [0.2, 0.25) is 0 Å². The molecule has 6 nitrogen and oxygen atoms in total. The van der Waals surface area contributed by atoms with Crippen molar-refractivity contribution in [2.75, 3.05) is 13.2 Å². The molecule has 0 aliphatic carbocycles. The minimum absolute atomic E-state index is 0.220. The molecular formula is C25H30O6. The van der Waals surface area contributed by atoms with Gasteiger partial charge in [0.25, 0.3) is 0 Å². The number of aliphatic hydroxyl groups is 1. The van der Waals surface area contributed by atoms with Gasteiger partial charge >= 0.3 is 5.97 Å². The van der Waals surface area contributed by atoms with Crippen LogP contribution in [0.4, 0.5) is 0 Å². The maximum Gasteiger partial charge on any atom is 0.343 e. The van der Waals surface area contributed by atoms with Gasteiger partial charge in [0.1, 0.15) is 18.3 Å². The molecule has 0 unspecified atom stereocenters. The lowest BCUT2D eigenvalue weighted by Gasteiger charge is -2.28. The predicted molar refractivity (Wildman–Crippen MR) is 114 cm³/mol. The first-order valence-corrected chi connectivity index (χ1v) is 11.0. The summed E-state index contributed by atoms with van der Waals surface area (Å²) in [7, 11) is 0. The number of benzene rings is 2. The Bertz CT molecular complexity index is 842. The Hall–Kier alpha value is -2.25. The van der Waals surface area contributed by atoms with Crippen molar-refractivity contribution in [2.45, 2.75) is 62.8 Å². The van der Waals surface area contributed by atoms with Crippen LogP contribution in [0.25, 0.3) is 0 Å². The average molecular weight is 427 g/mol. The van der Waals surface area contributed by atoms with Crippen LogP contribution in [0.15, 0.2) is 60.7 Å². The zero-order valence-electron chi connectivity index (χ0n) is 17.8. The summed E-state index contributed by atoms with van der Waals surface area (Å²) in [5.74, 6) is -0.654. The van der Waals surface area contributed by atoms with Gasteiger partial charge in [-0.1, -0.05) is 74.0 Å². The van der Waals surface area contributed by atoms with E-state index in [0.717, 1.165) is 12.0 Å². The molecule has 0 radical (unpaired) electrons. The topological polar surface area (TPSA) is 74.2 Å². The smallest absolute Gasteiger partial charge is 0.343 e. The highest BCUT2D eigenvalue weighted by Crippen LogP contribution is 2.34. The van der Waals surface area contributed by atoms with Crippen LogP contribution in [0.5, 0.6) is 0 Å². The molecule has 2 aromatic rings. The number of unbranched alkanes of at least 4 members (excludes halogenated alkanes) is 1. The van der Waals surface area contributed by atoms with Crippen molar-refractivity contribution in [3.05, 3.63) is 71.8 Å². The Labute approximate surface area is 183 Å². The molecule has 0 amide bonds. The lowest BCUT2D eigenvalue weighted by atomic mass is 9.88. The monoisotopic (exact) mass is 426 g/mol. The summed E-state index contributed by atoms with van der Waals surface area (Å²) in [6.07, 6.45) is 0.403. The summed E-state index contributed by atoms with van der Waals surface area (Å²) in [6, 6.07) is 18.9. The zero-order valence-corrected chi connectivity index (χ0v) is 17.8. The summed E-state index contributed by atoms with van der Waals surface area (Å²) in [5.41, 5.74) is -0.0620. The van der Waals surface area contributed by atoms with Crippen molar-refractivity contribution in [1.82, 2.24) is 0 Å². The second-order valence-electron chi connectivity index (χ2n) is 8.20. The maximum atomic E-state index is 13.1. The molecule has 2 fully saturated rings. The molecule has 166 valence electrons. The van der Waals surface area contributed by atoms with Crippen molar-refractivity contribution >= 4 is 5.97 Å². The molecule has 2 aromatic carbocycles. The molecule has 2 aliphatic heterocycles. The molecule has 0 saturated carbocycles. The van der Waals surface area contributed by atoms with E-state index in [2.05, 4.69) is 0 Å². The summed E-state index contributed by atoms with van der Waals surface area (Å²) in [5, 5.41) is 11.3. The Balaban J connectivity index is 1.38. The van der Waals surface area contributed by atoms with Crippen LogP contribution in [0.1, 0.15) is 37.3 Å². The van der Waals surface area contributed by atoms with Gasteiger partial charge in [-0.3, -0.25) is 0 Å². The summed E-state index contributed by atoms with van der Waals surface area (Å²) in [4.78, 5) is 13.1. The second kappa shape index (κ2) is 9.92. The lowest BCUT2D eigenvalue weighted by Crippen LogP contribution is -2.42. The van der Waals surface area contributed by atoms with Gasteiger partial charge in [0.05, 0.1) is 19.8 Å². The van der Waals surface area contributed by atoms with Gasteiger partial charge in [-0.2, -0.15) is 0 Å². The fourth-order valence-electron chi connectivity index (χ4n) is 4.20. The van der Waals surface area contributed by atoms with Crippen LogP contribution in [0, 0.1) is 0 Å². The highest BCUT2D eigenvalue weighted by molar-refractivity contribution is 5.81. The van der Waals surface area contributed by atoms with E-state index in [4.69, 9.17) is 18.9 Å². The third-order valence-electron chi connectivity index (χ3n) is 6.01. The van der Waals surface area contributed by atoms with Gasteiger partial charge in [0, 0.05) is 0 Å². The van der Waals surface area contributed by atoms with Gasteiger partial charge in [-0.05, 0) is 24.0 Å². The number of ether oxygens (including phenoxy) is 4. The molecule has 4 rings (SSSR count). The number of esters is 1. The van der Waals surface area contributed by atoms with Crippen molar-refractivity contribution < 1.29 is 28.8 Å². The number of rotatable bonds is 9. The number of hydrogen-bond acceptors (Lipinski definition) is 6. The summed E-state index contributed by atoms with van der Waals surface area (Å²) >= 11 is 0. The molecule has 5 atom stereocenters. The minimum atomic E-state index is -1.68. The predicted octanol–water partition coefficient (Wildman–Crippen LogP) is 3.36. The van der Waals surface area contributed by atoms with Crippen LogP contribution in [-0.2, 0) is 35.9 Å². The van der Waals surface area contributed by atoms with Gasteiger partial charge in [-0.15, -0.1) is 0 Å². The first kappa shape index (κ1) is 22.0. The van der Waals surface area contributed by atoms with Crippen molar-refractivity contribution in [2.24, 2.45) is 0 Å². The zero-order chi connectivity index (χ0) is 21.7.